The van der Waals surface area contributed by atoms with E-state index in [1.165, 1.54) is 19.2 Å². The van der Waals surface area contributed by atoms with Gasteiger partial charge in [0.15, 0.2) is 0 Å². The van der Waals surface area contributed by atoms with Gasteiger partial charge >= 0.3 is 5.97 Å². The summed E-state index contributed by atoms with van der Waals surface area (Å²) in [5.41, 5.74) is 0.997. The highest BCUT2D eigenvalue weighted by molar-refractivity contribution is 8.03. The molecule has 7 heteroatoms. The van der Waals surface area contributed by atoms with Crippen molar-refractivity contribution in [3.63, 3.8) is 0 Å². The van der Waals surface area contributed by atoms with Crippen LogP contribution in [0.3, 0.4) is 0 Å². The predicted octanol–water partition coefficient (Wildman–Crippen LogP) is 2.12. The summed E-state index contributed by atoms with van der Waals surface area (Å²) in [4.78, 5) is 24.4. The number of benzene rings is 1. The Morgan fingerprint density at radius 1 is 1.50 bits per heavy atom. The highest BCUT2D eigenvalue weighted by atomic mass is 32.2. The van der Waals surface area contributed by atoms with Crippen LogP contribution in [0, 0.1) is 10.1 Å². The van der Waals surface area contributed by atoms with Gasteiger partial charge in [0.2, 0.25) is 0 Å². The molecular formula is C13H14N2O4S. The fourth-order valence-electron chi connectivity index (χ4n) is 1.80. The maximum atomic E-state index is 11.2. The van der Waals surface area contributed by atoms with E-state index in [9.17, 15) is 14.9 Å². The SMILES string of the molecule is COC(=O)CN1CSC(=Cc2ccc([N+](=O)[O-])cc2)C1. The molecule has 6 nitrogen and oxygen atoms in total. The molecule has 2 rings (SSSR count). The number of nitrogens with zero attached hydrogens (tertiary/aromatic N) is 2. The minimum atomic E-state index is -0.417. The van der Waals surface area contributed by atoms with Gasteiger partial charge in [-0.05, 0) is 23.8 Å². The van der Waals surface area contributed by atoms with Crippen molar-refractivity contribution in [3.05, 3.63) is 44.8 Å². The second kappa shape index (κ2) is 6.53. The van der Waals surface area contributed by atoms with E-state index in [0.717, 1.165) is 16.3 Å². The molecule has 0 bridgehead atoms. The average Bonchev–Trinajstić information content (AvgIpc) is 2.86. The Balaban J connectivity index is 1.98. The quantitative estimate of drug-likeness (QED) is 0.481. The van der Waals surface area contributed by atoms with Crippen LogP contribution in [0.2, 0.25) is 0 Å². The van der Waals surface area contributed by atoms with Gasteiger partial charge in [-0.2, -0.15) is 0 Å². The summed E-state index contributed by atoms with van der Waals surface area (Å²) in [5, 5.41) is 10.6. The van der Waals surface area contributed by atoms with Crippen molar-refractivity contribution in [1.29, 1.82) is 0 Å². The standard InChI is InChI=1S/C13H14N2O4S/c1-19-13(16)8-14-7-12(20-9-14)6-10-2-4-11(5-3-10)15(17)18/h2-6H,7-9H2,1H3. The molecule has 1 aliphatic rings. The van der Waals surface area contributed by atoms with Gasteiger partial charge in [-0.25, -0.2) is 0 Å². The fourth-order valence-corrected chi connectivity index (χ4v) is 2.82. The Labute approximate surface area is 120 Å². The lowest BCUT2D eigenvalue weighted by atomic mass is 10.2. The van der Waals surface area contributed by atoms with E-state index in [1.807, 2.05) is 11.0 Å². The van der Waals surface area contributed by atoms with Gasteiger partial charge in [-0.3, -0.25) is 19.8 Å². The van der Waals surface area contributed by atoms with Crippen LogP contribution in [0.5, 0.6) is 0 Å². The molecule has 0 unspecified atom stereocenters. The third-order valence-corrected chi connectivity index (χ3v) is 3.94. The number of carbonyl (C=O) groups is 1. The van der Waals surface area contributed by atoms with Crippen molar-refractivity contribution >= 4 is 29.5 Å². The highest BCUT2D eigenvalue weighted by Gasteiger charge is 2.19. The Bertz CT molecular complexity index is 542. The van der Waals surface area contributed by atoms with Crippen LogP contribution in [0.15, 0.2) is 29.2 Å². The van der Waals surface area contributed by atoms with E-state index < -0.39 is 4.92 Å². The number of hydrogen-bond acceptors (Lipinski definition) is 6. The predicted molar refractivity (Wildman–Crippen MR) is 77.1 cm³/mol. The summed E-state index contributed by atoms with van der Waals surface area (Å²) < 4.78 is 4.63. The van der Waals surface area contributed by atoms with Crippen molar-refractivity contribution in [2.75, 3.05) is 26.1 Å². The van der Waals surface area contributed by atoms with Crippen LogP contribution >= 0.6 is 11.8 Å². The molecule has 0 N–H and O–H groups in total. The van der Waals surface area contributed by atoms with Crippen molar-refractivity contribution in [3.8, 4) is 0 Å². The molecule has 0 aromatic heterocycles. The van der Waals surface area contributed by atoms with Crippen LogP contribution in [0.1, 0.15) is 5.56 Å². The summed E-state index contributed by atoms with van der Waals surface area (Å²) in [7, 11) is 1.37. The summed E-state index contributed by atoms with van der Waals surface area (Å²) >= 11 is 1.65. The van der Waals surface area contributed by atoms with Crippen LogP contribution < -0.4 is 0 Å². The molecule has 1 saturated heterocycles. The summed E-state index contributed by atoms with van der Waals surface area (Å²) in [6, 6.07) is 6.40. The number of methoxy groups -OCH3 is 1. The van der Waals surface area contributed by atoms with Crippen LogP contribution in [-0.4, -0.2) is 41.9 Å². The molecular weight excluding hydrogens is 280 g/mol. The third-order valence-electron chi connectivity index (χ3n) is 2.82. The zero-order valence-electron chi connectivity index (χ0n) is 10.9. The summed E-state index contributed by atoms with van der Waals surface area (Å²) in [6.07, 6.45) is 1.98. The lowest BCUT2D eigenvalue weighted by molar-refractivity contribution is -0.384. The third kappa shape index (κ3) is 3.82. The Morgan fingerprint density at radius 2 is 2.20 bits per heavy atom. The van der Waals surface area contributed by atoms with Gasteiger partial charge in [-0.1, -0.05) is 0 Å². The molecule has 0 saturated carbocycles. The second-order valence-corrected chi connectivity index (χ2v) is 5.37. The van der Waals surface area contributed by atoms with E-state index in [0.29, 0.717) is 6.54 Å². The first-order valence-corrected chi connectivity index (χ1v) is 6.94. The van der Waals surface area contributed by atoms with E-state index in [-0.39, 0.29) is 18.2 Å². The normalized spacial score (nSPS) is 17.4. The number of hydrogen-bond donors (Lipinski definition) is 0. The minimum absolute atomic E-state index is 0.0820. The van der Waals surface area contributed by atoms with Gasteiger partial charge in [0, 0.05) is 29.5 Å². The first-order chi connectivity index (χ1) is 9.58. The average molecular weight is 294 g/mol. The van der Waals surface area contributed by atoms with Gasteiger partial charge < -0.3 is 4.74 Å². The molecule has 20 heavy (non-hydrogen) atoms. The number of non-ortho nitro benzene ring substituents is 1. The number of carbonyl (C=O) groups excluding carboxylic acids is 1. The lowest BCUT2D eigenvalue weighted by Gasteiger charge is -2.10. The van der Waals surface area contributed by atoms with Gasteiger partial charge in [0.05, 0.1) is 18.6 Å². The maximum absolute atomic E-state index is 11.2. The van der Waals surface area contributed by atoms with Crippen molar-refractivity contribution in [1.82, 2.24) is 4.90 Å². The summed E-state index contributed by atoms with van der Waals surface area (Å²) in [5.74, 6) is 0.496. The Kier molecular flexibility index (Phi) is 4.75. The summed E-state index contributed by atoms with van der Waals surface area (Å²) in [6.45, 7) is 0.970. The zero-order valence-corrected chi connectivity index (χ0v) is 11.8. The second-order valence-electron chi connectivity index (χ2n) is 4.30. The van der Waals surface area contributed by atoms with Crippen LogP contribution in [0.4, 0.5) is 5.69 Å². The van der Waals surface area contributed by atoms with Crippen molar-refractivity contribution < 1.29 is 14.5 Å². The van der Waals surface area contributed by atoms with E-state index in [4.69, 9.17) is 0 Å². The number of thioether (sulfide) groups is 1. The molecule has 0 atom stereocenters. The molecule has 0 aliphatic carbocycles. The van der Waals surface area contributed by atoms with Crippen molar-refractivity contribution in [2.45, 2.75) is 0 Å². The first-order valence-electron chi connectivity index (χ1n) is 5.95. The van der Waals surface area contributed by atoms with Crippen molar-refractivity contribution in [2.24, 2.45) is 0 Å². The molecule has 1 aliphatic heterocycles. The van der Waals surface area contributed by atoms with Gasteiger partial charge in [-0.15, -0.1) is 11.8 Å². The first kappa shape index (κ1) is 14.5. The number of nitro groups is 1. The number of esters is 1. The van der Waals surface area contributed by atoms with Crippen LogP contribution in [0.25, 0.3) is 6.08 Å². The molecule has 1 heterocycles. The monoisotopic (exact) mass is 294 g/mol. The molecule has 1 aromatic carbocycles. The molecule has 0 spiro atoms. The molecule has 1 fully saturated rings. The van der Waals surface area contributed by atoms with E-state index >= 15 is 0 Å². The number of nitro benzene ring substituents is 1. The zero-order chi connectivity index (χ0) is 14.5. The smallest absolute Gasteiger partial charge is 0.319 e. The molecule has 1 aromatic rings. The highest BCUT2D eigenvalue weighted by Crippen LogP contribution is 2.28. The van der Waals surface area contributed by atoms with E-state index in [2.05, 4.69) is 4.74 Å². The van der Waals surface area contributed by atoms with Gasteiger partial charge in [0.25, 0.3) is 5.69 Å². The number of ether oxygens (including phenoxy) is 1. The Hall–Kier alpha value is -1.86. The molecule has 0 radical (unpaired) electrons. The lowest BCUT2D eigenvalue weighted by Crippen LogP contribution is -2.27. The van der Waals surface area contributed by atoms with E-state index in [1.54, 1.807) is 23.9 Å². The Morgan fingerprint density at radius 3 is 2.80 bits per heavy atom. The van der Waals surface area contributed by atoms with Gasteiger partial charge in [0.1, 0.15) is 0 Å². The van der Waals surface area contributed by atoms with Crippen LogP contribution in [-0.2, 0) is 9.53 Å². The molecule has 0 amide bonds. The fraction of sp³-hybridized carbons (Fsp3) is 0.308. The topological polar surface area (TPSA) is 72.7 Å². The largest absolute Gasteiger partial charge is 0.468 e. The minimum Gasteiger partial charge on any atom is -0.468 e. The maximum Gasteiger partial charge on any atom is 0.319 e. The molecule has 106 valence electrons. The number of rotatable bonds is 4.